The SMILES string of the molecule is CCOC(=O)[C@H](N)Cc1cnc[nH]1.Cl.Cl. The Morgan fingerprint density at radius 3 is 2.80 bits per heavy atom. The van der Waals surface area contributed by atoms with Crippen molar-refractivity contribution in [1.29, 1.82) is 0 Å². The molecule has 0 aliphatic heterocycles. The summed E-state index contributed by atoms with van der Waals surface area (Å²) in [5.74, 6) is -0.378. The van der Waals surface area contributed by atoms with Gasteiger partial charge in [0.25, 0.3) is 0 Å². The van der Waals surface area contributed by atoms with Crippen molar-refractivity contribution in [3.05, 3.63) is 18.2 Å². The first-order valence-corrected chi connectivity index (χ1v) is 4.13. The van der Waals surface area contributed by atoms with Gasteiger partial charge in [-0.05, 0) is 6.92 Å². The van der Waals surface area contributed by atoms with Crippen LogP contribution in [0.5, 0.6) is 0 Å². The molecule has 0 fully saturated rings. The molecule has 0 radical (unpaired) electrons. The van der Waals surface area contributed by atoms with Crippen molar-refractivity contribution in [3.8, 4) is 0 Å². The lowest BCUT2D eigenvalue weighted by Crippen LogP contribution is -2.34. The van der Waals surface area contributed by atoms with E-state index in [1.807, 2.05) is 0 Å². The summed E-state index contributed by atoms with van der Waals surface area (Å²) in [5.41, 5.74) is 6.41. The van der Waals surface area contributed by atoms with Crippen LogP contribution in [-0.2, 0) is 16.0 Å². The summed E-state index contributed by atoms with van der Waals surface area (Å²) in [5, 5.41) is 0. The van der Waals surface area contributed by atoms with E-state index in [1.165, 1.54) is 0 Å². The van der Waals surface area contributed by atoms with E-state index in [9.17, 15) is 4.79 Å². The third kappa shape index (κ3) is 5.61. The van der Waals surface area contributed by atoms with E-state index >= 15 is 0 Å². The minimum atomic E-state index is -0.611. The lowest BCUT2D eigenvalue weighted by molar-refractivity contribution is -0.144. The fourth-order valence-electron chi connectivity index (χ4n) is 0.966. The lowest BCUT2D eigenvalue weighted by atomic mass is 10.2. The van der Waals surface area contributed by atoms with E-state index in [0.717, 1.165) is 5.69 Å². The number of esters is 1. The molecule has 0 bridgehead atoms. The number of H-pyrrole nitrogens is 1. The Bertz CT molecular complexity index is 267. The number of rotatable bonds is 4. The Hall–Kier alpha value is -0.780. The van der Waals surface area contributed by atoms with E-state index in [2.05, 4.69) is 9.97 Å². The van der Waals surface area contributed by atoms with Gasteiger partial charge in [0.2, 0.25) is 0 Å². The number of carbonyl (C=O) groups is 1. The largest absolute Gasteiger partial charge is 0.465 e. The summed E-state index contributed by atoms with van der Waals surface area (Å²) < 4.78 is 4.75. The Morgan fingerprint density at radius 1 is 1.67 bits per heavy atom. The number of nitrogens with two attached hydrogens (primary N) is 1. The predicted molar refractivity (Wildman–Crippen MR) is 61.4 cm³/mol. The van der Waals surface area contributed by atoms with Gasteiger partial charge in [-0.2, -0.15) is 0 Å². The van der Waals surface area contributed by atoms with Gasteiger partial charge in [0.15, 0.2) is 0 Å². The van der Waals surface area contributed by atoms with E-state index in [1.54, 1.807) is 19.4 Å². The topological polar surface area (TPSA) is 81.0 Å². The average Bonchev–Trinajstić information content (AvgIpc) is 2.57. The number of hydrogen-bond donors (Lipinski definition) is 2. The van der Waals surface area contributed by atoms with Crippen molar-refractivity contribution in [2.45, 2.75) is 19.4 Å². The fourth-order valence-corrected chi connectivity index (χ4v) is 0.966. The quantitative estimate of drug-likeness (QED) is 0.776. The number of hydrogen-bond acceptors (Lipinski definition) is 4. The molecule has 3 N–H and O–H groups in total. The molecule has 0 saturated carbocycles. The molecule has 0 amide bonds. The van der Waals surface area contributed by atoms with Gasteiger partial charge >= 0.3 is 5.97 Å². The predicted octanol–water partition coefficient (Wildman–Crippen LogP) is 0.686. The van der Waals surface area contributed by atoms with Crippen LogP contribution >= 0.6 is 24.8 Å². The second-order valence-electron chi connectivity index (χ2n) is 2.64. The number of ether oxygens (including phenoxy) is 1. The highest BCUT2D eigenvalue weighted by atomic mass is 35.5. The highest BCUT2D eigenvalue weighted by Crippen LogP contribution is 1.97. The van der Waals surface area contributed by atoms with Crippen molar-refractivity contribution in [1.82, 2.24) is 9.97 Å². The molecule has 0 spiro atoms. The van der Waals surface area contributed by atoms with Crippen LogP contribution in [0.3, 0.4) is 0 Å². The molecule has 1 atom stereocenters. The zero-order valence-electron chi connectivity index (χ0n) is 8.30. The molecular formula is C8H15Cl2N3O2. The normalized spacial score (nSPS) is 10.8. The number of halogens is 2. The number of aromatic amines is 1. The Balaban J connectivity index is 0. The van der Waals surface area contributed by atoms with Gasteiger partial charge in [0, 0.05) is 18.3 Å². The molecule has 1 heterocycles. The number of nitrogens with zero attached hydrogens (tertiary/aromatic N) is 1. The Labute approximate surface area is 101 Å². The maximum atomic E-state index is 11.1. The van der Waals surface area contributed by atoms with Crippen molar-refractivity contribution in [3.63, 3.8) is 0 Å². The molecule has 5 nitrogen and oxygen atoms in total. The van der Waals surface area contributed by atoms with Crippen LogP contribution in [0.4, 0.5) is 0 Å². The molecular weight excluding hydrogens is 241 g/mol. The van der Waals surface area contributed by atoms with Gasteiger partial charge in [-0.25, -0.2) is 4.98 Å². The Kier molecular flexibility index (Phi) is 9.46. The minimum Gasteiger partial charge on any atom is -0.465 e. The lowest BCUT2D eigenvalue weighted by Gasteiger charge is -2.08. The zero-order valence-corrected chi connectivity index (χ0v) is 9.94. The summed E-state index contributed by atoms with van der Waals surface area (Å²) in [4.78, 5) is 17.8. The van der Waals surface area contributed by atoms with Crippen LogP contribution in [-0.4, -0.2) is 28.6 Å². The monoisotopic (exact) mass is 255 g/mol. The van der Waals surface area contributed by atoms with E-state index < -0.39 is 6.04 Å². The summed E-state index contributed by atoms with van der Waals surface area (Å²) in [6, 6.07) is -0.611. The molecule has 0 aromatic carbocycles. The summed E-state index contributed by atoms with van der Waals surface area (Å²) in [7, 11) is 0. The van der Waals surface area contributed by atoms with Crippen LogP contribution in [0.1, 0.15) is 12.6 Å². The summed E-state index contributed by atoms with van der Waals surface area (Å²) >= 11 is 0. The number of imidazole rings is 1. The molecule has 1 rings (SSSR count). The van der Waals surface area contributed by atoms with Crippen molar-refractivity contribution in [2.24, 2.45) is 5.73 Å². The molecule has 1 aromatic heterocycles. The number of carbonyl (C=O) groups excluding carboxylic acids is 1. The van der Waals surface area contributed by atoms with Crippen LogP contribution in [0, 0.1) is 0 Å². The molecule has 0 unspecified atom stereocenters. The van der Waals surface area contributed by atoms with Gasteiger partial charge in [-0.1, -0.05) is 0 Å². The average molecular weight is 256 g/mol. The van der Waals surface area contributed by atoms with E-state index in [4.69, 9.17) is 10.5 Å². The highest BCUT2D eigenvalue weighted by molar-refractivity contribution is 5.85. The van der Waals surface area contributed by atoms with Crippen molar-refractivity contribution < 1.29 is 9.53 Å². The number of aromatic nitrogens is 2. The standard InChI is InChI=1S/C8H13N3O2.2ClH/c1-2-13-8(12)7(9)3-6-4-10-5-11-6;;/h4-5,7H,2-3,9H2,1H3,(H,10,11);2*1H/t7-;;/m1../s1. The maximum Gasteiger partial charge on any atom is 0.323 e. The number of nitrogens with one attached hydrogen (secondary N) is 1. The van der Waals surface area contributed by atoms with Gasteiger partial charge < -0.3 is 15.5 Å². The first kappa shape index (κ1) is 16.6. The van der Waals surface area contributed by atoms with Crippen LogP contribution < -0.4 is 5.73 Å². The molecule has 15 heavy (non-hydrogen) atoms. The second-order valence-corrected chi connectivity index (χ2v) is 2.64. The molecule has 1 aromatic rings. The summed E-state index contributed by atoms with van der Waals surface area (Å²) in [6.45, 7) is 2.11. The van der Waals surface area contributed by atoms with Crippen molar-refractivity contribution >= 4 is 30.8 Å². The van der Waals surface area contributed by atoms with Crippen LogP contribution in [0.15, 0.2) is 12.5 Å². The smallest absolute Gasteiger partial charge is 0.323 e. The van der Waals surface area contributed by atoms with Crippen LogP contribution in [0.2, 0.25) is 0 Å². The Morgan fingerprint density at radius 2 is 2.33 bits per heavy atom. The second kappa shape index (κ2) is 8.52. The molecule has 0 aliphatic carbocycles. The van der Waals surface area contributed by atoms with E-state index in [-0.39, 0.29) is 30.8 Å². The van der Waals surface area contributed by atoms with Crippen LogP contribution in [0.25, 0.3) is 0 Å². The minimum absolute atomic E-state index is 0. The first-order valence-electron chi connectivity index (χ1n) is 4.13. The van der Waals surface area contributed by atoms with Gasteiger partial charge in [0.1, 0.15) is 6.04 Å². The summed E-state index contributed by atoms with van der Waals surface area (Å²) in [6.07, 6.45) is 3.62. The fraction of sp³-hybridized carbons (Fsp3) is 0.500. The third-order valence-corrected chi connectivity index (χ3v) is 1.58. The first-order chi connectivity index (χ1) is 6.24. The zero-order chi connectivity index (χ0) is 9.68. The highest BCUT2D eigenvalue weighted by Gasteiger charge is 2.15. The maximum absolute atomic E-state index is 11.1. The van der Waals surface area contributed by atoms with Gasteiger partial charge in [-0.15, -0.1) is 24.8 Å². The van der Waals surface area contributed by atoms with Crippen molar-refractivity contribution in [2.75, 3.05) is 6.61 Å². The molecule has 88 valence electrons. The molecule has 7 heteroatoms. The van der Waals surface area contributed by atoms with Gasteiger partial charge in [-0.3, -0.25) is 4.79 Å². The molecule has 0 saturated heterocycles. The third-order valence-electron chi connectivity index (χ3n) is 1.58. The van der Waals surface area contributed by atoms with Gasteiger partial charge in [0.05, 0.1) is 12.9 Å². The van der Waals surface area contributed by atoms with E-state index in [0.29, 0.717) is 13.0 Å². The molecule has 0 aliphatic rings.